The molecule has 0 radical (unpaired) electrons. The third-order valence-corrected chi connectivity index (χ3v) is 4.68. The average Bonchev–Trinajstić information content (AvgIpc) is 2.69. The van der Waals surface area contributed by atoms with E-state index in [4.69, 9.17) is 16.3 Å². The number of rotatable bonds is 8. The van der Waals surface area contributed by atoms with E-state index in [-0.39, 0.29) is 12.6 Å². The molecule has 0 saturated carbocycles. The van der Waals surface area contributed by atoms with Crippen molar-refractivity contribution >= 4 is 11.6 Å². The molecule has 0 fully saturated rings. The van der Waals surface area contributed by atoms with Crippen LogP contribution in [0.25, 0.3) is 0 Å². The maximum Gasteiger partial charge on any atom is 0.119 e. The van der Waals surface area contributed by atoms with Gasteiger partial charge in [0.15, 0.2) is 0 Å². The molecular weight excluding hydrogens is 358 g/mol. The zero-order chi connectivity index (χ0) is 19.1. The molecular formula is C23H24ClNO2. The van der Waals surface area contributed by atoms with Crippen LogP contribution in [-0.2, 0) is 0 Å². The number of halogens is 1. The molecule has 27 heavy (non-hydrogen) atoms. The van der Waals surface area contributed by atoms with Gasteiger partial charge >= 0.3 is 0 Å². The monoisotopic (exact) mass is 381 g/mol. The van der Waals surface area contributed by atoms with Crippen molar-refractivity contribution in [2.45, 2.75) is 12.1 Å². The summed E-state index contributed by atoms with van der Waals surface area (Å²) in [5, 5.41) is 11.1. The van der Waals surface area contributed by atoms with E-state index >= 15 is 0 Å². The van der Waals surface area contributed by atoms with E-state index in [1.165, 1.54) is 11.1 Å². The van der Waals surface area contributed by atoms with Gasteiger partial charge in [-0.1, -0.05) is 72.3 Å². The van der Waals surface area contributed by atoms with Crippen molar-refractivity contribution < 1.29 is 9.84 Å². The fraction of sp³-hybridized carbons (Fsp3) is 0.217. The van der Waals surface area contributed by atoms with Gasteiger partial charge in [-0.15, -0.1) is 0 Å². The van der Waals surface area contributed by atoms with Crippen LogP contribution in [0.5, 0.6) is 5.75 Å². The van der Waals surface area contributed by atoms with Crippen LogP contribution in [0.15, 0.2) is 84.9 Å². The van der Waals surface area contributed by atoms with Gasteiger partial charge < -0.3 is 9.84 Å². The highest BCUT2D eigenvalue weighted by Gasteiger charge is 2.21. The molecule has 3 aromatic carbocycles. The van der Waals surface area contributed by atoms with Crippen LogP contribution in [0.2, 0.25) is 5.02 Å². The molecule has 1 unspecified atom stereocenters. The van der Waals surface area contributed by atoms with Crippen molar-refractivity contribution in [1.29, 1.82) is 0 Å². The number of benzene rings is 3. The Morgan fingerprint density at radius 3 is 1.89 bits per heavy atom. The SMILES string of the molecule is CN(CC(O)COc1ccc(Cl)cc1)C(c1ccccc1)c1ccccc1. The van der Waals surface area contributed by atoms with E-state index < -0.39 is 6.10 Å². The summed E-state index contributed by atoms with van der Waals surface area (Å²) in [7, 11) is 2.02. The lowest BCUT2D eigenvalue weighted by Gasteiger charge is -2.30. The maximum atomic E-state index is 10.5. The Bertz CT molecular complexity index is 769. The van der Waals surface area contributed by atoms with Crippen molar-refractivity contribution in [2.24, 2.45) is 0 Å². The summed E-state index contributed by atoms with van der Waals surface area (Å²) in [4.78, 5) is 2.15. The van der Waals surface area contributed by atoms with Crippen molar-refractivity contribution in [3.63, 3.8) is 0 Å². The summed E-state index contributed by atoms with van der Waals surface area (Å²) in [6.45, 7) is 0.713. The number of aliphatic hydroxyl groups is 1. The molecule has 0 aliphatic rings. The lowest BCUT2D eigenvalue weighted by Crippen LogP contribution is -2.36. The zero-order valence-corrected chi connectivity index (χ0v) is 16.1. The third-order valence-electron chi connectivity index (χ3n) is 4.43. The van der Waals surface area contributed by atoms with E-state index in [0.717, 1.165) is 0 Å². The molecule has 4 heteroatoms. The van der Waals surface area contributed by atoms with Crippen molar-refractivity contribution in [3.8, 4) is 5.75 Å². The summed E-state index contributed by atoms with van der Waals surface area (Å²) >= 11 is 5.88. The topological polar surface area (TPSA) is 32.7 Å². The largest absolute Gasteiger partial charge is 0.491 e. The fourth-order valence-corrected chi connectivity index (χ4v) is 3.31. The van der Waals surface area contributed by atoms with E-state index in [0.29, 0.717) is 17.3 Å². The summed E-state index contributed by atoms with van der Waals surface area (Å²) in [6.07, 6.45) is -0.611. The number of hydrogen-bond donors (Lipinski definition) is 1. The Balaban J connectivity index is 1.67. The average molecular weight is 382 g/mol. The Morgan fingerprint density at radius 1 is 0.852 bits per heavy atom. The molecule has 0 heterocycles. The van der Waals surface area contributed by atoms with Crippen LogP contribution in [0.3, 0.4) is 0 Å². The van der Waals surface area contributed by atoms with Crippen LogP contribution >= 0.6 is 11.6 Å². The minimum atomic E-state index is -0.611. The summed E-state index contributed by atoms with van der Waals surface area (Å²) in [5.74, 6) is 0.698. The van der Waals surface area contributed by atoms with Crippen molar-refractivity contribution in [1.82, 2.24) is 4.90 Å². The highest BCUT2D eigenvalue weighted by atomic mass is 35.5. The van der Waals surface area contributed by atoms with Gasteiger partial charge in [0.1, 0.15) is 18.5 Å². The van der Waals surface area contributed by atoms with E-state index in [9.17, 15) is 5.11 Å². The number of ether oxygens (including phenoxy) is 1. The number of likely N-dealkylation sites (N-methyl/N-ethyl adjacent to an activating group) is 1. The lowest BCUT2D eigenvalue weighted by atomic mass is 9.97. The van der Waals surface area contributed by atoms with Crippen LogP contribution < -0.4 is 4.74 Å². The first-order valence-corrected chi connectivity index (χ1v) is 9.38. The van der Waals surface area contributed by atoms with Crippen LogP contribution in [0.4, 0.5) is 0 Å². The second-order valence-electron chi connectivity index (χ2n) is 6.58. The molecule has 0 aromatic heterocycles. The third kappa shape index (κ3) is 5.57. The molecule has 3 nitrogen and oxygen atoms in total. The predicted molar refractivity (Wildman–Crippen MR) is 110 cm³/mol. The van der Waals surface area contributed by atoms with Crippen LogP contribution in [0.1, 0.15) is 17.2 Å². The minimum absolute atomic E-state index is 0.0672. The smallest absolute Gasteiger partial charge is 0.119 e. The molecule has 3 aromatic rings. The highest BCUT2D eigenvalue weighted by Crippen LogP contribution is 2.27. The Hall–Kier alpha value is -2.33. The molecule has 1 N–H and O–H groups in total. The predicted octanol–water partition coefficient (Wildman–Crippen LogP) is 4.80. The summed E-state index contributed by atoms with van der Waals surface area (Å²) < 4.78 is 5.68. The summed E-state index contributed by atoms with van der Waals surface area (Å²) in [5.41, 5.74) is 2.38. The zero-order valence-electron chi connectivity index (χ0n) is 15.3. The van der Waals surface area contributed by atoms with Gasteiger partial charge in [0.2, 0.25) is 0 Å². The van der Waals surface area contributed by atoms with Gasteiger partial charge in [-0.2, -0.15) is 0 Å². The second-order valence-corrected chi connectivity index (χ2v) is 7.02. The normalized spacial score (nSPS) is 12.3. The molecule has 140 valence electrons. The Morgan fingerprint density at radius 2 is 1.37 bits per heavy atom. The molecule has 1 atom stereocenters. The first-order valence-electron chi connectivity index (χ1n) is 9.00. The van der Waals surface area contributed by atoms with Crippen LogP contribution in [0, 0.1) is 0 Å². The standard InChI is InChI=1S/C23H24ClNO2/c1-25(16-21(26)17-27-22-14-12-20(24)13-15-22)23(18-8-4-2-5-9-18)19-10-6-3-7-11-19/h2-15,21,23,26H,16-17H2,1H3. The van der Waals surface area contributed by atoms with Crippen molar-refractivity contribution in [2.75, 3.05) is 20.2 Å². The molecule has 0 saturated heterocycles. The molecule has 0 aliphatic heterocycles. The first kappa shape index (κ1) is 19.4. The number of hydrogen-bond acceptors (Lipinski definition) is 3. The van der Waals surface area contributed by atoms with Crippen molar-refractivity contribution in [3.05, 3.63) is 101 Å². The number of nitrogens with zero attached hydrogens (tertiary/aromatic N) is 1. The van der Waals surface area contributed by atoms with Gasteiger partial charge in [-0.05, 0) is 42.4 Å². The highest BCUT2D eigenvalue weighted by molar-refractivity contribution is 6.30. The van der Waals surface area contributed by atoms with Gasteiger partial charge in [0, 0.05) is 11.6 Å². The number of aliphatic hydroxyl groups excluding tert-OH is 1. The first-order chi connectivity index (χ1) is 13.1. The Kier molecular flexibility index (Phi) is 6.88. The Labute approximate surface area is 165 Å². The quantitative estimate of drug-likeness (QED) is 0.608. The summed E-state index contributed by atoms with van der Waals surface area (Å²) in [6, 6.07) is 27.9. The lowest BCUT2D eigenvalue weighted by molar-refractivity contribution is 0.0681. The second kappa shape index (κ2) is 9.56. The molecule has 0 spiro atoms. The van der Waals surface area contributed by atoms with E-state index in [1.54, 1.807) is 24.3 Å². The van der Waals surface area contributed by atoms with E-state index in [1.807, 2.05) is 43.4 Å². The van der Waals surface area contributed by atoms with E-state index in [2.05, 4.69) is 29.2 Å². The van der Waals surface area contributed by atoms with Gasteiger partial charge in [0.05, 0.1) is 6.04 Å². The molecule has 3 rings (SSSR count). The molecule has 0 amide bonds. The van der Waals surface area contributed by atoms with Gasteiger partial charge in [0.25, 0.3) is 0 Å². The minimum Gasteiger partial charge on any atom is -0.491 e. The van der Waals surface area contributed by atoms with Gasteiger partial charge in [-0.25, -0.2) is 0 Å². The fourth-order valence-electron chi connectivity index (χ4n) is 3.19. The maximum absolute atomic E-state index is 10.5. The molecule has 0 aliphatic carbocycles. The van der Waals surface area contributed by atoms with Crippen LogP contribution in [-0.4, -0.2) is 36.3 Å². The molecule has 0 bridgehead atoms. The van der Waals surface area contributed by atoms with Gasteiger partial charge in [-0.3, -0.25) is 4.90 Å².